The maximum atomic E-state index is 12.1. The first kappa shape index (κ1) is 18.0. The van der Waals surface area contributed by atoms with Crippen LogP contribution in [0.25, 0.3) is 0 Å². The average Bonchev–Trinajstić information content (AvgIpc) is 2.58. The highest BCUT2D eigenvalue weighted by molar-refractivity contribution is 7.89. The molecule has 0 unspecified atom stereocenters. The van der Waals surface area contributed by atoms with E-state index in [0.717, 1.165) is 5.56 Å². The molecule has 2 N–H and O–H groups in total. The summed E-state index contributed by atoms with van der Waals surface area (Å²) in [7, 11) is -2.10. The summed E-state index contributed by atoms with van der Waals surface area (Å²) in [6.45, 7) is 2.20. The van der Waals surface area contributed by atoms with Crippen molar-refractivity contribution < 1.29 is 17.9 Å². The van der Waals surface area contributed by atoms with Crippen LogP contribution in [0, 0.1) is 6.92 Å². The molecule has 0 aliphatic carbocycles. The van der Waals surface area contributed by atoms with Gasteiger partial charge in [0.1, 0.15) is 5.75 Å². The number of carbonyl (C=O) groups excluding carboxylic acids is 1. The third-order valence-electron chi connectivity index (χ3n) is 3.35. The van der Waals surface area contributed by atoms with Gasteiger partial charge < -0.3 is 10.1 Å². The zero-order valence-electron chi connectivity index (χ0n) is 13.6. The maximum absolute atomic E-state index is 12.1. The highest BCUT2D eigenvalue weighted by atomic mass is 32.2. The van der Waals surface area contributed by atoms with Gasteiger partial charge >= 0.3 is 0 Å². The van der Waals surface area contributed by atoms with Crippen molar-refractivity contribution in [2.24, 2.45) is 0 Å². The lowest BCUT2D eigenvalue weighted by Gasteiger charge is -2.09. The van der Waals surface area contributed by atoms with Gasteiger partial charge in [-0.05, 0) is 43.3 Å². The minimum Gasteiger partial charge on any atom is -0.497 e. The first-order chi connectivity index (χ1) is 11.4. The molecule has 2 aromatic rings. The van der Waals surface area contributed by atoms with Crippen molar-refractivity contribution in [2.75, 3.05) is 20.2 Å². The second-order valence-electron chi connectivity index (χ2n) is 5.20. The van der Waals surface area contributed by atoms with Gasteiger partial charge in [0.15, 0.2) is 0 Å². The summed E-state index contributed by atoms with van der Waals surface area (Å²) in [6, 6.07) is 13.3. The molecule has 0 bridgehead atoms. The van der Waals surface area contributed by atoms with Gasteiger partial charge in [-0.1, -0.05) is 17.7 Å². The third kappa shape index (κ3) is 4.81. The van der Waals surface area contributed by atoms with Gasteiger partial charge in [0.25, 0.3) is 5.91 Å². The van der Waals surface area contributed by atoms with Crippen LogP contribution >= 0.6 is 0 Å². The molecular weight excluding hydrogens is 328 g/mol. The van der Waals surface area contributed by atoms with Crippen LogP contribution < -0.4 is 14.8 Å². The molecule has 2 rings (SSSR count). The predicted molar refractivity (Wildman–Crippen MR) is 91.7 cm³/mol. The Kier molecular flexibility index (Phi) is 5.94. The lowest BCUT2D eigenvalue weighted by atomic mass is 10.1. The molecule has 0 heterocycles. The van der Waals surface area contributed by atoms with E-state index in [1.165, 1.54) is 19.2 Å². The van der Waals surface area contributed by atoms with Gasteiger partial charge in [0.2, 0.25) is 10.0 Å². The van der Waals surface area contributed by atoms with Crippen molar-refractivity contribution in [1.29, 1.82) is 0 Å². The summed E-state index contributed by atoms with van der Waals surface area (Å²) in [6.07, 6.45) is 0. The largest absolute Gasteiger partial charge is 0.497 e. The molecule has 128 valence electrons. The van der Waals surface area contributed by atoms with Gasteiger partial charge in [0.05, 0.1) is 12.0 Å². The third-order valence-corrected chi connectivity index (χ3v) is 4.83. The first-order valence-corrected chi connectivity index (χ1v) is 8.89. The lowest BCUT2D eigenvalue weighted by molar-refractivity contribution is 0.0954. The summed E-state index contributed by atoms with van der Waals surface area (Å²) in [5.74, 6) is 0.349. The second kappa shape index (κ2) is 7.94. The Morgan fingerprint density at radius 2 is 1.79 bits per heavy atom. The number of methoxy groups -OCH3 is 1. The molecule has 0 aliphatic rings. The molecule has 0 aromatic heterocycles. The van der Waals surface area contributed by atoms with Crippen LogP contribution in [0.4, 0.5) is 0 Å². The first-order valence-electron chi connectivity index (χ1n) is 7.41. The molecule has 0 saturated carbocycles. The second-order valence-corrected chi connectivity index (χ2v) is 6.97. The fraction of sp³-hybridized carbons (Fsp3) is 0.235. The van der Waals surface area contributed by atoms with Gasteiger partial charge in [0, 0.05) is 18.7 Å². The van der Waals surface area contributed by atoms with Crippen molar-refractivity contribution in [3.63, 3.8) is 0 Å². The molecule has 6 nitrogen and oxygen atoms in total. The van der Waals surface area contributed by atoms with Crippen LogP contribution in [-0.2, 0) is 10.0 Å². The Hall–Kier alpha value is -2.38. The Labute approximate surface area is 141 Å². The van der Waals surface area contributed by atoms with Crippen molar-refractivity contribution in [1.82, 2.24) is 10.0 Å². The number of rotatable bonds is 7. The summed E-state index contributed by atoms with van der Waals surface area (Å²) in [4.78, 5) is 12.1. The van der Waals surface area contributed by atoms with E-state index in [9.17, 15) is 13.2 Å². The van der Waals surface area contributed by atoms with Crippen molar-refractivity contribution in [3.05, 3.63) is 59.7 Å². The van der Waals surface area contributed by atoms with E-state index in [1.54, 1.807) is 30.3 Å². The fourth-order valence-corrected chi connectivity index (χ4v) is 3.12. The lowest BCUT2D eigenvalue weighted by Crippen LogP contribution is -2.34. The molecule has 0 atom stereocenters. The Morgan fingerprint density at radius 1 is 1.08 bits per heavy atom. The number of ether oxygens (including phenoxy) is 1. The van der Waals surface area contributed by atoms with E-state index < -0.39 is 10.0 Å². The minimum atomic E-state index is -3.61. The molecular formula is C17H20N2O4S. The zero-order valence-corrected chi connectivity index (χ0v) is 14.4. The number of amides is 1. The number of hydrogen-bond acceptors (Lipinski definition) is 4. The number of benzene rings is 2. The van der Waals surface area contributed by atoms with E-state index in [2.05, 4.69) is 10.0 Å². The van der Waals surface area contributed by atoms with Crippen LogP contribution in [0.3, 0.4) is 0 Å². The molecule has 0 aliphatic heterocycles. The Balaban J connectivity index is 1.85. The Morgan fingerprint density at radius 3 is 2.42 bits per heavy atom. The molecule has 0 radical (unpaired) electrons. The molecule has 7 heteroatoms. The quantitative estimate of drug-likeness (QED) is 0.746. The smallest absolute Gasteiger partial charge is 0.251 e. The molecule has 2 aromatic carbocycles. The number of carbonyl (C=O) groups is 1. The van der Waals surface area contributed by atoms with E-state index in [-0.39, 0.29) is 23.9 Å². The highest BCUT2D eigenvalue weighted by Gasteiger charge is 2.13. The van der Waals surface area contributed by atoms with E-state index in [4.69, 9.17) is 4.74 Å². The van der Waals surface area contributed by atoms with Crippen LogP contribution in [0.15, 0.2) is 53.4 Å². The molecule has 1 amide bonds. The van der Waals surface area contributed by atoms with Crippen molar-refractivity contribution in [2.45, 2.75) is 11.8 Å². The van der Waals surface area contributed by atoms with Crippen LogP contribution in [0.5, 0.6) is 5.75 Å². The summed E-state index contributed by atoms with van der Waals surface area (Å²) in [5.41, 5.74) is 1.54. The standard InChI is InChI=1S/C17H20N2O4S/c1-13-4-3-5-14(12-13)17(20)18-10-11-19-24(21,22)16-8-6-15(23-2)7-9-16/h3-9,12,19H,10-11H2,1-2H3,(H,18,20). The van der Waals surface area contributed by atoms with E-state index in [0.29, 0.717) is 11.3 Å². The van der Waals surface area contributed by atoms with Gasteiger partial charge in [-0.2, -0.15) is 0 Å². The van der Waals surface area contributed by atoms with Crippen molar-refractivity contribution >= 4 is 15.9 Å². The zero-order chi connectivity index (χ0) is 17.6. The molecule has 24 heavy (non-hydrogen) atoms. The van der Waals surface area contributed by atoms with Crippen LogP contribution in [0.2, 0.25) is 0 Å². The summed E-state index contributed by atoms with van der Waals surface area (Å²) in [5, 5.41) is 2.68. The number of aryl methyl sites for hydroxylation is 1. The predicted octanol–water partition coefficient (Wildman–Crippen LogP) is 1.71. The topological polar surface area (TPSA) is 84.5 Å². The fourth-order valence-electron chi connectivity index (χ4n) is 2.09. The van der Waals surface area contributed by atoms with E-state index in [1.807, 2.05) is 13.0 Å². The molecule has 0 spiro atoms. The van der Waals surface area contributed by atoms with E-state index >= 15 is 0 Å². The monoisotopic (exact) mass is 348 g/mol. The van der Waals surface area contributed by atoms with Crippen LogP contribution in [-0.4, -0.2) is 34.5 Å². The van der Waals surface area contributed by atoms with Crippen LogP contribution in [0.1, 0.15) is 15.9 Å². The number of nitrogens with one attached hydrogen (secondary N) is 2. The van der Waals surface area contributed by atoms with Gasteiger partial charge in [-0.15, -0.1) is 0 Å². The van der Waals surface area contributed by atoms with Gasteiger partial charge in [-0.25, -0.2) is 13.1 Å². The normalized spacial score (nSPS) is 11.1. The summed E-state index contributed by atoms with van der Waals surface area (Å²) >= 11 is 0. The average molecular weight is 348 g/mol. The molecule has 0 fully saturated rings. The maximum Gasteiger partial charge on any atom is 0.251 e. The SMILES string of the molecule is COc1ccc(S(=O)(=O)NCCNC(=O)c2cccc(C)c2)cc1. The summed E-state index contributed by atoms with van der Waals surface area (Å²) < 4.78 is 31.7. The Bertz CT molecular complexity index is 802. The highest BCUT2D eigenvalue weighted by Crippen LogP contribution is 2.14. The minimum absolute atomic E-state index is 0.103. The van der Waals surface area contributed by atoms with Crippen molar-refractivity contribution in [3.8, 4) is 5.75 Å². The number of sulfonamides is 1. The number of hydrogen-bond donors (Lipinski definition) is 2. The molecule has 0 saturated heterocycles. The van der Waals surface area contributed by atoms with Gasteiger partial charge in [-0.3, -0.25) is 4.79 Å².